The molecule has 0 aromatic rings. The van der Waals surface area contributed by atoms with E-state index in [1.54, 1.807) is 6.92 Å². The molecule has 0 aliphatic rings. The van der Waals surface area contributed by atoms with E-state index in [0.717, 1.165) is 0 Å². The molecule has 0 bridgehead atoms. The summed E-state index contributed by atoms with van der Waals surface area (Å²) in [5.41, 5.74) is -0.114. The van der Waals surface area contributed by atoms with Crippen molar-refractivity contribution in [3.8, 4) is 0 Å². The Hall–Kier alpha value is -0.120. The van der Waals surface area contributed by atoms with Crippen molar-refractivity contribution in [3.05, 3.63) is 0 Å². The van der Waals surface area contributed by atoms with E-state index in [1.165, 1.54) is 0 Å². The van der Waals surface area contributed by atoms with E-state index < -0.39 is 6.10 Å². The molecule has 0 fully saturated rings. The van der Waals surface area contributed by atoms with Crippen LogP contribution in [0.5, 0.6) is 0 Å². The van der Waals surface area contributed by atoms with Crippen molar-refractivity contribution in [1.82, 2.24) is 0 Å². The summed E-state index contributed by atoms with van der Waals surface area (Å²) < 4.78 is 10.8. The van der Waals surface area contributed by atoms with Crippen LogP contribution in [-0.2, 0) is 9.47 Å². The summed E-state index contributed by atoms with van der Waals surface area (Å²) in [5.74, 6) is 0. The topological polar surface area (TPSA) is 38.7 Å². The van der Waals surface area contributed by atoms with Gasteiger partial charge in [-0.2, -0.15) is 0 Å². The Bertz CT molecular complexity index is 127. The Balaban J connectivity index is 3.36. The molecule has 13 heavy (non-hydrogen) atoms. The lowest BCUT2D eigenvalue weighted by Gasteiger charge is -2.21. The minimum atomic E-state index is -0.422. The number of hydrogen-bond donors (Lipinski definition) is 1. The smallest absolute Gasteiger partial charge is 0.0804 e. The third-order valence-corrected chi connectivity index (χ3v) is 1.68. The van der Waals surface area contributed by atoms with E-state index in [2.05, 4.69) is 0 Å². The molecule has 1 N–H and O–H groups in total. The number of rotatable bonds is 5. The molecule has 3 nitrogen and oxygen atoms in total. The number of aliphatic hydroxyl groups excluding tert-OH is 1. The van der Waals surface area contributed by atoms with Crippen molar-refractivity contribution in [2.75, 3.05) is 13.2 Å². The molecule has 0 heterocycles. The normalized spacial score (nSPS) is 17.1. The van der Waals surface area contributed by atoms with E-state index in [-0.39, 0.29) is 11.7 Å². The van der Waals surface area contributed by atoms with Crippen molar-refractivity contribution < 1.29 is 14.6 Å². The summed E-state index contributed by atoms with van der Waals surface area (Å²) in [4.78, 5) is 0. The van der Waals surface area contributed by atoms with E-state index in [9.17, 15) is 0 Å². The summed E-state index contributed by atoms with van der Waals surface area (Å²) in [6.07, 6.45) is -0.543. The highest BCUT2D eigenvalue weighted by atomic mass is 16.5. The highest BCUT2D eigenvalue weighted by molar-refractivity contribution is 4.59. The highest BCUT2D eigenvalue weighted by Crippen LogP contribution is 2.06. The van der Waals surface area contributed by atoms with Gasteiger partial charge >= 0.3 is 0 Å². The Labute approximate surface area is 81.0 Å². The van der Waals surface area contributed by atoms with Crippen LogP contribution in [0.4, 0.5) is 0 Å². The van der Waals surface area contributed by atoms with Gasteiger partial charge in [0.2, 0.25) is 0 Å². The summed E-state index contributed by atoms with van der Waals surface area (Å²) in [7, 11) is 0. The molecule has 0 amide bonds. The summed E-state index contributed by atoms with van der Waals surface area (Å²) >= 11 is 0. The largest absolute Gasteiger partial charge is 0.391 e. The lowest BCUT2D eigenvalue weighted by atomic mass is 10.2. The van der Waals surface area contributed by atoms with Gasteiger partial charge in [-0.3, -0.25) is 0 Å². The van der Waals surface area contributed by atoms with E-state index >= 15 is 0 Å². The minimum absolute atomic E-state index is 0.114. The quantitative estimate of drug-likeness (QED) is 0.669. The van der Waals surface area contributed by atoms with Gasteiger partial charge in [0.05, 0.1) is 31.0 Å². The first-order valence-corrected chi connectivity index (χ1v) is 4.76. The first kappa shape index (κ1) is 12.9. The van der Waals surface area contributed by atoms with E-state index in [4.69, 9.17) is 14.6 Å². The van der Waals surface area contributed by atoms with E-state index in [1.807, 2.05) is 27.7 Å². The molecule has 3 heteroatoms. The van der Waals surface area contributed by atoms with Gasteiger partial charge in [-0.05, 0) is 34.6 Å². The molecule has 0 saturated carbocycles. The van der Waals surface area contributed by atoms with Crippen LogP contribution in [0.25, 0.3) is 0 Å². The van der Waals surface area contributed by atoms with Crippen LogP contribution in [0.3, 0.4) is 0 Å². The molecule has 0 saturated heterocycles. The standard InChI is InChI=1S/C10H22O3/c1-8(11)9(2)12-6-7-13-10(3,4)5/h8-9,11H,6-7H2,1-5H3/t8-,9?/m1/s1. The second-order valence-corrected chi connectivity index (χ2v) is 4.28. The summed E-state index contributed by atoms with van der Waals surface area (Å²) in [6, 6.07) is 0. The fourth-order valence-corrected chi connectivity index (χ4v) is 0.721. The Kier molecular flexibility index (Phi) is 5.53. The number of hydrogen-bond acceptors (Lipinski definition) is 3. The van der Waals surface area contributed by atoms with Gasteiger partial charge in [0.1, 0.15) is 0 Å². The Morgan fingerprint density at radius 3 is 2.08 bits per heavy atom. The molecule has 0 aromatic heterocycles. The Morgan fingerprint density at radius 2 is 1.69 bits per heavy atom. The van der Waals surface area contributed by atoms with Crippen molar-refractivity contribution in [2.24, 2.45) is 0 Å². The molecule has 0 aromatic carbocycles. The zero-order valence-corrected chi connectivity index (χ0v) is 9.33. The fourth-order valence-electron chi connectivity index (χ4n) is 0.721. The maximum Gasteiger partial charge on any atom is 0.0804 e. The minimum Gasteiger partial charge on any atom is -0.391 e. The van der Waals surface area contributed by atoms with Gasteiger partial charge in [0.15, 0.2) is 0 Å². The molecule has 0 rings (SSSR count). The van der Waals surface area contributed by atoms with E-state index in [0.29, 0.717) is 13.2 Å². The molecule has 1 unspecified atom stereocenters. The molecule has 0 radical (unpaired) electrons. The van der Waals surface area contributed by atoms with Crippen LogP contribution >= 0.6 is 0 Å². The van der Waals surface area contributed by atoms with Gasteiger partial charge in [-0.25, -0.2) is 0 Å². The third-order valence-electron chi connectivity index (χ3n) is 1.68. The summed E-state index contributed by atoms with van der Waals surface area (Å²) in [5, 5.41) is 9.11. The first-order chi connectivity index (χ1) is 5.83. The van der Waals surface area contributed by atoms with Crippen molar-refractivity contribution in [2.45, 2.75) is 52.4 Å². The molecule has 0 aliphatic carbocycles. The van der Waals surface area contributed by atoms with Crippen molar-refractivity contribution in [1.29, 1.82) is 0 Å². The van der Waals surface area contributed by atoms with Gasteiger partial charge in [0.25, 0.3) is 0 Å². The lowest BCUT2D eigenvalue weighted by molar-refractivity contribution is -0.0711. The molecular formula is C10H22O3. The second kappa shape index (κ2) is 5.58. The predicted molar refractivity (Wildman–Crippen MR) is 52.8 cm³/mol. The SMILES string of the molecule is CC(OCCOC(C)(C)C)[C@@H](C)O. The van der Waals surface area contributed by atoms with Crippen molar-refractivity contribution in [3.63, 3.8) is 0 Å². The molecular weight excluding hydrogens is 168 g/mol. The van der Waals surface area contributed by atoms with Crippen LogP contribution in [-0.4, -0.2) is 36.1 Å². The monoisotopic (exact) mass is 190 g/mol. The van der Waals surface area contributed by atoms with Crippen LogP contribution in [0.1, 0.15) is 34.6 Å². The second-order valence-electron chi connectivity index (χ2n) is 4.28. The van der Waals surface area contributed by atoms with Gasteiger partial charge in [-0.15, -0.1) is 0 Å². The zero-order chi connectivity index (χ0) is 10.5. The van der Waals surface area contributed by atoms with Crippen LogP contribution in [0, 0.1) is 0 Å². The molecule has 2 atom stereocenters. The predicted octanol–water partition coefficient (Wildman–Crippen LogP) is 1.59. The van der Waals surface area contributed by atoms with Crippen LogP contribution < -0.4 is 0 Å². The first-order valence-electron chi connectivity index (χ1n) is 4.76. The van der Waals surface area contributed by atoms with Crippen LogP contribution in [0.2, 0.25) is 0 Å². The fraction of sp³-hybridized carbons (Fsp3) is 1.00. The molecule has 0 spiro atoms. The maximum atomic E-state index is 9.11. The third kappa shape index (κ3) is 8.22. The molecule has 0 aliphatic heterocycles. The lowest BCUT2D eigenvalue weighted by Crippen LogP contribution is -2.27. The van der Waals surface area contributed by atoms with Gasteiger partial charge < -0.3 is 14.6 Å². The Morgan fingerprint density at radius 1 is 1.15 bits per heavy atom. The van der Waals surface area contributed by atoms with Gasteiger partial charge in [0, 0.05) is 0 Å². The number of aliphatic hydroxyl groups is 1. The van der Waals surface area contributed by atoms with Crippen LogP contribution in [0.15, 0.2) is 0 Å². The van der Waals surface area contributed by atoms with Crippen molar-refractivity contribution >= 4 is 0 Å². The molecule has 80 valence electrons. The highest BCUT2D eigenvalue weighted by Gasteiger charge is 2.11. The average molecular weight is 190 g/mol. The van der Waals surface area contributed by atoms with Gasteiger partial charge in [-0.1, -0.05) is 0 Å². The maximum absolute atomic E-state index is 9.11. The average Bonchev–Trinajstić information content (AvgIpc) is 1.95. The summed E-state index contributed by atoms with van der Waals surface area (Å²) in [6.45, 7) is 10.7. The zero-order valence-electron chi connectivity index (χ0n) is 9.33. The number of ether oxygens (including phenoxy) is 2.